The van der Waals surface area contributed by atoms with Crippen LogP contribution in [0.5, 0.6) is 5.75 Å². The quantitative estimate of drug-likeness (QED) is 0.779. The van der Waals surface area contributed by atoms with E-state index in [0.717, 1.165) is 16.7 Å². The molecule has 0 spiro atoms. The molecule has 14 heavy (non-hydrogen) atoms. The molecule has 0 atom stereocenters. The van der Waals surface area contributed by atoms with Crippen LogP contribution in [0.2, 0.25) is 0 Å². The highest BCUT2D eigenvalue weighted by Gasteiger charge is 2.01. The van der Waals surface area contributed by atoms with Crippen molar-refractivity contribution in [1.29, 1.82) is 0 Å². The van der Waals surface area contributed by atoms with Gasteiger partial charge in [-0.05, 0) is 25.1 Å². The van der Waals surface area contributed by atoms with Gasteiger partial charge in [0.2, 0.25) is 0 Å². The Bertz CT molecular complexity index is 456. The fraction of sp³-hybridized carbons (Fsp3) is 0.200. The summed E-state index contributed by atoms with van der Waals surface area (Å²) < 4.78 is 5.36. The second kappa shape index (κ2) is 3.49. The SMILES string of the molecule is CCOc1ccc2ncnc(N)c2c1. The first-order valence-electron chi connectivity index (χ1n) is 4.44. The van der Waals surface area contributed by atoms with Crippen LogP contribution in [0.15, 0.2) is 24.5 Å². The first kappa shape index (κ1) is 8.74. The monoisotopic (exact) mass is 189 g/mol. The Labute approximate surface area is 81.7 Å². The third-order valence-corrected chi connectivity index (χ3v) is 1.95. The molecule has 0 radical (unpaired) electrons. The molecule has 0 amide bonds. The number of nitrogen functional groups attached to an aromatic ring is 1. The molecule has 4 heteroatoms. The van der Waals surface area contributed by atoms with E-state index in [1.54, 1.807) is 0 Å². The van der Waals surface area contributed by atoms with Crippen LogP contribution in [0, 0.1) is 0 Å². The lowest BCUT2D eigenvalue weighted by Crippen LogP contribution is -1.95. The predicted molar refractivity (Wildman–Crippen MR) is 55.1 cm³/mol. The Morgan fingerprint density at radius 3 is 3.00 bits per heavy atom. The number of hydrogen-bond donors (Lipinski definition) is 1. The Balaban J connectivity index is 2.58. The van der Waals surface area contributed by atoms with Crippen molar-refractivity contribution in [2.24, 2.45) is 0 Å². The van der Waals surface area contributed by atoms with Crippen LogP contribution < -0.4 is 10.5 Å². The molecule has 1 aromatic heterocycles. The van der Waals surface area contributed by atoms with Crippen LogP contribution in [-0.4, -0.2) is 16.6 Å². The van der Waals surface area contributed by atoms with Crippen molar-refractivity contribution in [3.8, 4) is 5.75 Å². The largest absolute Gasteiger partial charge is 0.494 e. The van der Waals surface area contributed by atoms with Crippen LogP contribution in [0.25, 0.3) is 10.9 Å². The summed E-state index contributed by atoms with van der Waals surface area (Å²) in [5.41, 5.74) is 6.55. The molecule has 0 aliphatic carbocycles. The van der Waals surface area contributed by atoms with Crippen molar-refractivity contribution in [2.75, 3.05) is 12.3 Å². The molecule has 0 aliphatic rings. The van der Waals surface area contributed by atoms with Crippen molar-refractivity contribution in [3.63, 3.8) is 0 Å². The topological polar surface area (TPSA) is 61.0 Å². The molecule has 2 aromatic rings. The Hall–Kier alpha value is -1.84. The van der Waals surface area contributed by atoms with E-state index in [-0.39, 0.29) is 0 Å². The molecule has 1 heterocycles. The number of fused-ring (bicyclic) bond motifs is 1. The van der Waals surface area contributed by atoms with Gasteiger partial charge in [-0.25, -0.2) is 9.97 Å². The van der Waals surface area contributed by atoms with E-state index in [2.05, 4.69) is 9.97 Å². The minimum Gasteiger partial charge on any atom is -0.494 e. The second-order valence-corrected chi connectivity index (χ2v) is 2.87. The van der Waals surface area contributed by atoms with Gasteiger partial charge >= 0.3 is 0 Å². The maximum atomic E-state index is 5.71. The summed E-state index contributed by atoms with van der Waals surface area (Å²) in [7, 11) is 0. The zero-order chi connectivity index (χ0) is 9.97. The molecule has 4 nitrogen and oxygen atoms in total. The predicted octanol–water partition coefficient (Wildman–Crippen LogP) is 1.61. The average molecular weight is 189 g/mol. The normalized spacial score (nSPS) is 10.4. The minimum atomic E-state index is 0.483. The summed E-state index contributed by atoms with van der Waals surface area (Å²) in [6.07, 6.45) is 1.46. The summed E-state index contributed by atoms with van der Waals surface area (Å²) in [4.78, 5) is 8.02. The highest BCUT2D eigenvalue weighted by Crippen LogP contribution is 2.22. The first-order valence-corrected chi connectivity index (χ1v) is 4.44. The van der Waals surface area contributed by atoms with Gasteiger partial charge in [0.1, 0.15) is 17.9 Å². The molecule has 0 aliphatic heterocycles. The number of aromatic nitrogens is 2. The van der Waals surface area contributed by atoms with Crippen LogP contribution >= 0.6 is 0 Å². The van der Waals surface area contributed by atoms with Crippen molar-refractivity contribution in [3.05, 3.63) is 24.5 Å². The molecule has 0 unspecified atom stereocenters. The zero-order valence-electron chi connectivity index (χ0n) is 7.90. The number of nitrogens with two attached hydrogens (primary N) is 1. The third-order valence-electron chi connectivity index (χ3n) is 1.95. The maximum Gasteiger partial charge on any atom is 0.134 e. The van der Waals surface area contributed by atoms with E-state index in [1.165, 1.54) is 6.33 Å². The molecule has 1 aromatic carbocycles. The van der Waals surface area contributed by atoms with E-state index in [1.807, 2.05) is 25.1 Å². The Kier molecular flexibility index (Phi) is 2.18. The average Bonchev–Trinajstić information content (AvgIpc) is 2.20. The molecule has 0 fully saturated rings. The van der Waals surface area contributed by atoms with Crippen molar-refractivity contribution >= 4 is 16.7 Å². The molecular formula is C10H11N3O. The van der Waals surface area contributed by atoms with Gasteiger partial charge in [-0.15, -0.1) is 0 Å². The van der Waals surface area contributed by atoms with Gasteiger partial charge in [0.15, 0.2) is 0 Å². The lowest BCUT2D eigenvalue weighted by molar-refractivity contribution is 0.340. The summed E-state index contributed by atoms with van der Waals surface area (Å²) in [6, 6.07) is 5.60. The molecule has 72 valence electrons. The fourth-order valence-electron chi connectivity index (χ4n) is 1.31. The van der Waals surface area contributed by atoms with Gasteiger partial charge in [0.05, 0.1) is 12.1 Å². The van der Waals surface area contributed by atoms with Gasteiger partial charge in [0.25, 0.3) is 0 Å². The molecule has 0 saturated carbocycles. The Morgan fingerprint density at radius 2 is 2.21 bits per heavy atom. The fourth-order valence-corrected chi connectivity index (χ4v) is 1.31. The molecule has 0 saturated heterocycles. The van der Waals surface area contributed by atoms with Crippen LogP contribution in [0.1, 0.15) is 6.92 Å². The van der Waals surface area contributed by atoms with Crippen molar-refractivity contribution < 1.29 is 4.74 Å². The number of ether oxygens (including phenoxy) is 1. The molecule has 2 rings (SSSR count). The number of rotatable bonds is 2. The highest BCUT2D eigenvalue weighted by atomic mass is 16.5. The number of nitrogens with zero attached hydrogens (tertiary/aromatic N) is 2. The minimum absolute atomic E-state index is 0.483. The van der Waals surface area contributed by atoms with Crippen molar-refractivity contribution in [1.82, 2.24) is 9.97 Å². The Morgan fingerprint density at radius 1 is 1.36 bits per heavy atom. The van der Waals surface area contributed by atoms with E-state index < -0.39 is 0 Å². The molecule has 2 N–H and O–H groups in total. The second-order valence-electron chi connectivity index (χ2n) is 2.87. The lowest BCUT2D eigenvalue weighted by Gasteiger charge is -2.04. The van der Waals surface area contributed by atoms with Gasteiger partial charge in [-0.3, -0.25) is 0 Å². The summed E-state index contributed by atoms with van der Waals surface area (Å²) in [5.74, 6) is 1.28. The standard InChI is InChI=1S/C10H11N3O/c1-2-14-7-3-4-9-8(5-7)10(11)13-6-12-9/h3-6H,2H2,1H3,(H2,11,12,13). The number of hydrogen-bond acceptors (Lipinski definition) is 4. The van der Waals surface area contributed by atoms with E-state index in [4.69, 9.17) is 10.5 Å². The van der Waals surface area contributed by atoms with Crippen LogP contribution in [-0.2, 0) is 0 Å². The third kappa shape index (κ3) is 1.46. The van der Waals surface area contributed by atoms with E-state index in [9.17, 15) is 0 Å². The first-order chi connectivity index (χ1) is 6.81. The van der Waals surface area contributed by atoms with Crippen molar-refractivity contribution in [2.45, 2.75) is 6.92 Å². The number of anilines is 1. The van der Waals surface area contributed by atoms with Gasteiger partial charge in [-0.2, -0.15) is 0 Å². The molecular weight excluding hydrogens is 178 g/mol. The summed E-state index contributed by atoms with van der Waals surface area (Å²) in [5, 5.41) is 0.832. The zero-order valence-corrected chi connectivity index (χ0v) is 7.90. The van der Waals surface area contributed by atoms with Gasteiger partial charge < -0.3 is 10.5 Å². The summed E-state index contributed by atoms with van der Waals surface area (Å²) in [6.45, 7) is 2.58. The maximum absolute atomic E-state index is 5.71. The van der Waals surface area contributed by atoms with Gasteiger partial charge in [-0.1, -0.05) is 0 Å². The highest BCUT2D eigenvalue weighted by molar-refractivity contribution is 5.88. The lowest BCUT2D eigenvalue weighted by atomic mass is 10.2. The van der Waals surface area contributed by atoms with Crippen LogP contribution in [0.4, 0.5) is 5.82 Å². The smallest absolute Gasteiger partial charge is 0.134 e. The number of benzene rings is 1. The summed E-state index contributed by atoms with van der Waals surface area (Å²) >= 11 is 0. The van der Waals surface area contributed by atoms with E-state index >= 15 is 0 Å². The van der Waals surface area contributed by atoms with E-state index in [0.29, 0.717) is 12.4 Å². The van der Waals surface area contributed by atoms with Crippen LogP contribution in [0.3, 0.4) is 0 Å². The van der Waals surface area contributed by atoms with Gasteiger partial charge in [0, 0.05) is 5.39 Å². The molecule has 0 bridgehead atoms.